The van der Waals surface area contributed by atoms with E-state index in [9.17, 15) is 18.0 Å². The highest BCUT2D eigenvalue weighted by Gasteiger charge is 2.34. The van der Waals surface area contributed by atoms with Gasteiger partial charge in [-0.1, -0.05) is 79.0 Å². The molecule has 0 aliphatic rings. The smallest absolute Gasteiger partial charge is 0.264 e. The van der Waals surface area contributed by atoms with Gasteiger partial charge >= 0.3 is 0 Å². The van der Waals surface area contributed by atoms with Crippen LogP contribution < -0.4 is 9.62 Å². The second kappa shape index (κ2) is 14.0. The molecule has 2 atom stereocenters. The van der Waals surface area contributed by atoms with Gasteiger partial charge < -0.3 is 10.2 Å². The molecule has 3 aromatic carbocycles. The largest absolute Gasteiger partial charge is 0.352 e. The molecule has 3 aromatic rings. The van der Waals surface area contributed by atoms with Gasteiger partial charge in [-0.15, -0.1) is 0 Å². The highest BCUT2D eigenvalue weighted by atomic mass is 35.5. The fourth-order valence-corrected chi connectivity index (χ4v) is 6.23. The summed E-state index contributed by atoms with van der Waals surface area (Å²) in [5.41, 5.74) is 3.61. The van der Waals surface area contributed by atoms with Crippen molar-refractivity contribution in [3.63, 3.8) is 0 Å². The van der Waals surface area contributed by atoms with Gasteiger partial charge in [0.2, 0.25) is 11.8 Å². The topological polar surface area (TPSA) is 86.8 Å². The van der Waals surface area contributed by atoms with Crippen molar-refractivity contribution in [1.82, 2.24) is 10.2 Å². The highest BCUT2D eigenvalue weighted by Crippen LogP contribution is 2.31. The average molecular weight is 598 g/mol. The Morgan fingerprint density at radius 2 is 1.56 bits per heavy atom. The Kier molecular flexibility index (Phi) is 11.0. The van der Waals surface area contributed by atoms with Gasteiger partial charge in [-0.25, -0.2) is 8.42 Å². The van der Waals surface area contributed by atoms with Gasteiger partial charge in [-0.05, 0) is 75.9 Å². The fraction of sp³-hybridized carbons (Fsp3) is 0.375. The number of nitrogens with one attached hydrogen (secondary N) is 1. The van der Waals surface area contributed by atoms with Crippen LogP contribution >= 0.6 is 11.6 Å². The average Bonchev–Trinajstić information content (AvgIpc) is 2.93. The van der Waals surface area contributed by atoms with Crippen molar-refractivity contribution in [1.29, 1.82) is 0 Å². The van der Waals surface area contributed by atoms with Crippen molar-refractivity contribution in [2.45, 2.75) is 77.9 Å². The number of anilines is 1. The summed E-state index contributed by atoms with van der Waals surface area (Å²) in [6.07, 6.45) is 1.10. The van der Waals surface area contributed by atoms with Crippen molar-refractivity contribution in [3.05, 3.63) is 94.0 Å². The van der Waals surface area contributed by atoms with Gasteiger partial charge in [0.25, 0.3) is 10.0 Å². The first-order valence-electron chi connectivity index (χ1n) is 13.9. The van der Waals surface area contributed by atoms with Crippen LogP contribution in [0.3, 0.4) is 0 Å². The Hall–Kier alpha value is -3.36. The molecule has 0 radical (unpaired) electrons. The van der Waals surface area contributed by atoms with Crippen LogP contribution in [-0.4, -0.2) is 43.8 Å². The number of nitrogens with zero attached hydrogens (tertiary/aromatic N) is 2. The van der Waals surface area contributed by atoms with Crippen LogP contribution in [0.1, 0.15) is 55.9 Å². The van der Waals surface area contributed by atoms with Crippen LogP contribution in [0.25, 0.3) is 0 Å². The third kappa shape index (κ3) is 7.89. The van der Waals surface area contributed by atoms with Gasteiger partial charge in [0.05, 0.1) is 10.6 Å². The third-order valence-electron chi connectivity index (χ3n) is 7.22. The molecule has 0 spiro atoms. The molecule has 0 fully saturated rings. The van der Waals surface area contributed by atoms with E-state index in [0.29, 0.717) is 22.7 Å². The standard InChI is InChI=1S/C32H40ClN3O4S/c1-7-24(5)34-32(38)29(8-2)35(20-26-12-9-11-23(4)19-26)31(37)21-36(30-14-10-13-28(33)25(30)6)41(39,40)27-17-15-22(3)16-18-27/h9-19,24,29H,7-8,20-21H2,1-6H3,(H,34,38)/t24-,29+/m0/s1. The summed E-state index contributed by atoms with van der Waals surface area (Å²) < 4.78 is 29.2. The molecule has 41 heavy (non-hydrogen) atoms. The zero-order valence-electron chi connectivity index (χ0n) is 24.6. The zero-order chi connectivity index (χ0) is 30.3. The maximum absolute atomic E-state index is 14.2. The van der Waals surface area contributed by atoms with Crippen LogP contribution in [0, 0.1) is 20.8 Å². The molecule has 0 saturated heterocycles. The number of benzene rings is 3. The number of rotatable bonds is 12. The molecule has 0 heterocycles. The van der Waals surface area contributed by atoms with Crippen LogP contribution in [0.5, 0.6) is 0 Å². The van der Waals surface area contributed by atoms with E-state index in [0.717, 1.165) is 27.4 Å². The van der Waals surface area contributed by atoms with Crippen LogP contribution in [0.15, 0.2) is 71.6 Å². The quantitative estimate of drug-likeness (QED) is 0.270. The molecule has 1 N–H and O–H groups in total. The van der Waals surface area contributed by atoms with E-state index in [-0.39, 0.29) is 23.4 Å². The fourth-order valence-electron chi connectivity index (χ4n) is 4.58. The molecule has 0 aliphatic heterocycles. The molecule has 0 saturated carbocycles. The lowest BCUT2D eigenvalue weighted by atomic mass is 10.1. The number of carbonyl (C=O) groups is 2. The molecule has 0 unspecified atom stereocenters. The van der Waals surface area contributed by atoms with E-state index in [1.165, 1.54) is 17.0 Å². The predicted molar refractivity (Wildman–Crippen MR) is 166 cm³/mol. The first-order chi connectivity index (χ1) is 19.4. The number of sulfonamides is 1. The van der Waals surface area contributed by atoms with Gasteiger partial charge in [-0.2, -0.15) is 0 Å². The number of halogens is 1. The van der Waals surface area contributed by atoms with Crippen molar-refractivity contribution >= 4 is 39.1 Å². The first-order valence-corrected chi connectivity index (χ1v) is 15.7. The summed E-state index contributed by atoms with van der Waals surface area (Å²) in [6.45, 7) is 10.9. The van der Waals surface area contributed by atoms with E-state index >= 15 is 0 Å². The van der Waals surface area contributed by atoms with Crippen molar-refractivity contribution in [3.8, 4) is 0 Å². The minimum absolute atomic E-state index is 0.0575. The summed E-state index contributed by atoms with van der Waals surface area (Å²) >= 11 is 6.40. The van der Waals surface area contributed by atoms with Crippen LogP contribution in [0.4, 0.5) is 5.69 Å². The second-order valence-corrected chi connectivity index (χ2v) is 12.7. The summed E-state index contributed by atoms with van der Waals surface area (Å²) in [4.78, 5) is 29.2. The molecular weight excluding hydrogens is 558 g/mol. The Labute approximate surface area is 249 Å². The van der Waals surface area contributed by atoms with Gasteiger partial charge in [-0.3, -0.25) is 13.9 Å². The zero-order valence-corrected chi connectivity index (χ0v) is 26.2. The maximum atomic E-state index is 14.2. The Morgan fingerprint density at radius 1 is 0.902 bits per heavy atom. The highest BCUT2D eigenvalue weighted by molar-refractivity contribution is 7.92. The SMILES string of the molecule is CC[C@H](C(=O)N[C@@H](C)CC)N(Cc1cccc(C)c1)C(=O)CN(c1cccc(Cl)c1C)S(=O)(=O)c1ccc(C)cc1. The molecule has 2 amide bonds. The van der Waals surface area contributed by atoms with E-state index in [1.807, 2.05) is 58.9 Å². The number of hydrogen-bond donors (Lipinski definition) is 1. The number of hydrogen-bond acceptors (Lipinski definition) is 4. The molecule has 0 aliphatic carbocycles. The summed E-state index contributed by atoms with van der Waals surface area (Å²) in [5, 5.41) is 3.38. The summed E-state index contributed by atoms with van der Waals surface area (Å²) in [7, 11) is -4.17. The van der Waals surface area contributed by atoms with Crippen molar-refractivity contribution < 1.29 is 18.0 Å². The van der Waals surface area contributed by atoms with E-state index < -0.39 is 28.5 Å². The monoisotopic (exact) mass is 597 g/mol. The predicted octanol–water partition coefficient (Wildman–Crippen LogP) is 6.18. The molecule has 0 aromatic heterocycles. The minimum atomic E-state index is -4.17. The molecule has 3 rings (SSSR count). The minimum Gasteiger partial charge on any atom is -0.352 e. The Bertz CT molecular complexity index is 1470. The van der Waals surface area contributed by atoms with E-state index in [4.69, 9.17) is 11.6 Å². The second-order valence-electron chi connectivity index (χ2n) is 10.5. The Balaban J connectivity index is 2.10. The molecule has 7 nitrogen and oxygen atoms in total. The van der Waals surface area contributed by atoms with Crippen molar-refractivity contribution in [2.75, 3.05) is 10.8 Å². The number of amides is 2. The van der Waals surface area contributed by atoms with E-state index in [2.05, 4.69) is 5.32 Å². The molecular formula is C32H40ClN3O4S. The third-order valence-corrected chi connectivity index (χ3v) is 9.40. The van der Waals surface area contributed by atoms with Gasteiger partial charge in [0, 0.05) is 17.6 Å². The number of carbonyl (C=O) groups excluding carboxylic acids is 2. The van der Waals surface area contributed by atoms with Crippen LogP contribution in [0.2, 0.25) is 5.02 Å². The lowest BCUT2D eigenvalue weighted by molar-refractivity contribution is -0.140. The van der Waals surface area contributed by atoms with Gasteiger partial charge in [0.1, 0.15) is 12.6 Å². The molecule has 0 bridgehead atoms. The van der Waals surface area contributed by atoms with Gasteiger partial charge in [0.15, 0.2) is 0 Å². The summed E-state index contributed by atoms with van der Waals surface area (Å²) in [5.74, 6) is -0.762. The maximum Gasteiger partial charge on any atom is 0.264 e. The van der Waals surface area contributed by atoms with Crippen LogP contribution in [-0.2, 0) is 26.2 Å². The first kappa shape index (κ1) is 32.2. The lowest BCUT2D eigenvalue weighted by Gasteiger charge is -2.34. The number of aryl methyl sites for hydroxylation is 2. The normalized spacial score (nSPS) is 12.9. The summed E-state index contributed by atoms with van der Waals surface area (Å²) in [6, 6.07) is 18.3. The van der Waals surface area contributed by atoms with E-state index in [1.54, 1.807) is 37.3 Å². The van der Waals surface area contributed by atoms with Crippen molar-refractivity contribution in [2.24, 2.45) is 0 Å². The molecule has 220 valence electrons. The molecule has 9 heteroatoms. The Morgan fingerprint density at radius 3 is 2.17 bits per heavy atom. The lowest BCUT2D eigenvalue weighted by Crippen LogP contribution is -2.53.